The number of aliphatic hydroxyl groups is 2. The predicted molar refractivity (Wildman–Crippen MR) is 54.9 cm³/mol. The van der Waals surface area contributed by atoms with E-state index in [2.05, 4.69) is 0 Å². The standard InChI is InChI=1S/C9H18N2O4/c1-2-10(4-3-9(14)15)5-6-11(7-12)8-13/h3-4,12-13H,2,5-8H2,1H3,(H,14,15). The highest BCUT2D eigenvalue weighted by molar-refractivity contribution is 5.79. The molecule has 0 aromatic heterocycles. The van der Waals surface area contributed by atoms with Gasteiger partial charge in [0.2, 0.25) is 0 Å². The third-order valence-corrected chi connectivity index (χ3v) is 1.94. The van der Waals surface area contributed by atoms with Crippen LogP contribution in [0.5, 0.6) is 0 Å². The van der Waals surface area contributed by atoms with E-state index in [-0.39, 0.29) is 13.5 Å². The Balaban J connectivity index is 3.94. The maximum Gasteiger partial charge on any atom is 0.329 e. The number of carboxylic acid groups (broad SMARTS) is 1. The Morgan fingerprint density at radius 1 is 1.27 bits per heavy atom. The number of aliphatic hydroxyl groups excluding tert-OH is 2. The van der Waals surface area contributed by atoms with Gasteiger partial charge in [-0.3, -0.25) is 4.90 Å². The van der Waals surface area contributed by atoms with Gasteiger partial charge in [0.15, 0.2) is 0 Å². The van der Waals surface area contributed by atoms with Crippen molar-refractivity contribution < 1.29 is 20.1 Å². The van der Waals surface area contributed by atoms with Crippen molar-refractivity contribution in [3.63, 3.8) is 0 Å². The summed E-state index contributed by atoms with van der Waals surface area (Å²) < 4.78 is 0. The summed E-state index contributed by atoms with van der Waals surface area (Å²) in [5.41, 5.74) is 0. The zero-order valence-corrected chi connectivity index (χ0v) is 8.83. The lowest BCUT2D eigenvalue weighted by Crippen LogP contribution is -2.34. The molecular formula is C9H18N2O4. The number of hydrogen-bond donors (Lipinski definition) is 3. The quantitative estimate of drug-likeness (QED) is 0.362. The van der Waals surface area contributed by atoms with Crippen molar-refractivity contribution in [3.05, 3.63) is 12.3 Å². The first-order chi connectivity index (χ1) is 7.13. The summed E-state index contributed by atoms with van der Waals surface area (Å²) >= 11 is 0. The second-order valence-electron chi connectivity index (χ2n) is 2.96. The molecule has 0 rings (SSSR count). The molecule has 0 aliphatic carbocycles. The molecule has 0 fully saturated rings. The molecule has 0 unspecified atom stereocenters. The molecule has 0 saturated carbocycles. The largest absolute Gasteiger partial charge is 0.478 e. The van der Waals surface area contributed by atoms with Crippen LogP contribution in [0.4, 0.5) is 0 Å². The van der Waals surface area contributed by atoms with Gasteiger partial charge in [-0.05, 0) is 6.92 Å². The molecule has 0 bridgehead atoms. The van der Waals surface area contributed by atoms with E-state index in [4.69, 9.17) is 15.3 Å². The molecule has 0 aromatic carbocycles. The lowest BCUT2D eigenvalue weighted by molar-refractivity contribution is -0.131. The van der Waals surface area contributed by atoms with Crippen LogP contribution in [0.15, 0.2) is 12.3 Å². The van der Waals surface area contributed by atoms with Gasteiger partial charge in [0, 0.05) is 31.9 Å². The van der Waals surface area contributed by atoms with E-state index in [1.54, 1.807) is 4.90 Å². The van der Waals surface area contributed by atoms with Crippen LogP contribution in [0.2, 0.25) is 0 Å². The number of rotatable bonds is 8. The zero-order chi connectivity index (χ0) is 11.7. The number of nitrogens with zero attached hydrogens (tertiary/aromatic N) is 2. The number of carbonyl (C=O) groups is 1. The molecule has 6 nitrogen and oxygen atoms in total. The van der Waals surface area contributed by atoms with Gasteiger partial charge in [-0.1, -0.05) is 0 Å². The highest BCUT2D eigenvalue weighted by Crippen LogP contribution is 1.92. The molecule has 0 atom stereocenters. The highest BCUT2D eigenvalue weighted by atomic mass is 16.4. The maximum atomic E-state index is 10.3. The van der Waals surface area contributed by atoms with Crippen LogP contribution in [0.3, 0.4) is 0 Å². The predicted octanol–water partition coefficient (Wildman–Crippen LogP) is -0.892. The first-order valence-corrected chi connectivity index (χ1v) is 4.73. The Labute approximate surface area is 89.0 Å². The number of aliphatic carboxylic acids is 1. The third kappa shape index (κ3) is 6.89. The van der Waals surface area contributed by atoms with E-state index in [1.807, 2.05) is 6.92 Å². The van der Waals surface area contributed by atoms with E-state index >= 15 is 0 Å². The molecule has 0 spiro atoms. The van der Waals surface area contributed by atoms with Gasteiger partial charge in [0.25, 0.3) is 0 Å². The summed E-state index contributed by atoms with van der Waals surface area (Å²) in [4.78, 5) is 13.5. The van der Waals surface area contributed by atoms with Crippen molar-refractivity contribution in [1.82, 2.24) is 9.80 Å². The fourth-order valence-electron chi connectivity index (χ4n) is 0.963. The van der Waals surface area contributed by atoms with E-state index < -0.39 is 5.97 Å². The summed E-state index contributed by atoms with van der Waals surface area (Å²) in [7, 11) is 0. The fourth-order valence-corrected chi connectivity index (χ4v) is 0.963. The van der Waals surface area contributed by atoms with Crippen LogP contribution in [0.1, 0.15) is 6.92 Å². The monoisotopic (exact) mass is 218 g/mol. The van der Waals surface area contributed by atoms with Gasteiger partial charge in [-0.15, -0.1) is 0 Å². The van der Waals surface area contributed by atoms with Crippen LogP contribution in [-0.2, 0) is 4.79 Å². The van der Waals surface area contributed by atoms with Gasteiger partial charge in [-0.25, -0.2) is 4.79 Å². The molecule has 0 saturated heterocycles. The summed E-state index contributed by atoms with van der Waals surface area (Å²) in [6.07, 6.45) is 2.54. The summed E-state index contributed by atoms with van der Waals surface area (Å²) in [5, 5.41) is 26.0. The smallest absolute Gasteiger partial charge is 0.329 e. The Bertz CT molecular complexity index is 204. The Morgan fingerprint density at radius 3 is 2.27 bits per heavy atom. The van der Waals surface area contributed by atoms with Crippen LogP contribution < -0.4 is 0 Å². The van der Waals surface area contributed by atoms with Crippen molar-refractivity contribution in [2.75, 3.05) is 33.1 Å². The van der Waals surface area contributed by atoms with Crippen molar-refractivity contribution in [3.8, 4) is 0 Å². The average molecular weight is 218 g/mol. The molecule has 0 radical (unpaired) electrons. The molecular weight excluding hydrogens is 200 g/mol. The summed E-state index contributed by atoms with van der Waals surface area (Å²) in [5.74, 6) is -0.991. The highest BCUT2D eigenvalue weighted by Gasteiger charge is 2.03. The maximum absolute atomic E-state index is 10.3. The molecule has 15 heavy (non-hydrogen) atoms. The molecule has 3 N–H and O–H groups in total. The van der Waals surface area contributed by atoms with Crippen LogP contribution in [0.25, 0.3) is 0 Å². The third-order valence-electron chi connectivity index (χ3n) is 1.94. The molecule has 88 valence electrons. The van der Waals surface area contributed by atoms with Crippen molar-refractivity contribution >= 4 is 5.97 Å². The molecule has 0 heterocycles. The molecule has 0 aliphatic rings. The van der Waals surface area contributed by atoms with Crippen molar-refractivity contribution in [2.45, 2.75) is 6.92 Å². The molecule has 0 aromatic rings. The zero-order valence-electron chi connectivity index (χ0n) is 8.83. The molecule has 6 heteroatoms. The molecule has 0 amide bonds. The first-order valence-electron chi connectivity index (χ1n) is 4.73. The minimum Gasteiger partial charge on any atom is -0.478 e. The van der Waals surface area contributed by atoms with Gasteiger partial charge >= 0.3 is 5.97 Å². The van der Waals surface area contributed by atoms with E-state index in [9.17, 15) is 4.79 Å². The van der Waals surface area contributed by atoms with Gasteiger partial charge in [0.05, 0.1) is 13.5 Å². The van der Waals surface area contributed by atoms with Crippen LogP contribution in [-0.4, -0.2) is 64.2 Å². The van der Waals surface area contributed by atoms with Crippen LogP contribution >= 0.6 is 0 Å². The van der Waals surface area contributed by atoms with Crippen molar-refractivity contribution in [2.24, 2.45) is 0 Å². The average Bonchev–Trinajstić information content (AvgIpc) is 2.23. The first kappa shape index (κ1) is 13.9. The SMILES string of the molecule is CCN(C=CC(=O)O)CCN(CO)CO. The second kappa shape index (κ2) is 8.22. The van der Waals surface area contributed by atoms with E-state index in [0.29, 0.717) is 19.6 Å². The minimum atomic E-state index is -0.991. The minimum absolute atomic E-state index is 0.212. The number of hydrogen-bond acceptors (Lipinski definition) is 5. The molecule has 0 aliphatic heterocycles. The Hall–Kier alpha value is -1.11. The van der Waals surface area contributed by atoms with E-state index in [0.717, 1.165) is 6.08 Å². The summed E-state index contributed by atoms with van der Waals surface area (Å²) in [6, 6.07) is 0. The lowest BCUT2D eigenvalue weighted by atomic mass is 10.4. The van der Waals surface area contributed by atoms with Crippen molar-refractivity contribution in [1.29, 1.82) is 0 Å². The Kier molecular flexibility index (Phi) is 7.61. The topological polar surface area (TPSA) is 84.2 Å². The van der Waals surface area contributed by atoms with E-state index in [1.165, 1.54) is 11.1 Å². The second-order valence-corrected chi connectivity index (χ2v) is 2.96. The fraction of sp³-hybridized carbons (Fsp3) is 0.667. The van der Waals surface area contributed by atoms with Crippen LogP contribution in [0, 0.1) is 0 Å². The van der Waals surface area contributed by atoms with Gasteiger partial charge in [-0.2, -0.15) is 0 Å². The Morgan fingerprint density at radius 2 is 1.87 bits per heavy atom. The normalized spacial score (nSPS) is 11.2. The summed E-state index contributed by atoms with van der Waals surface area (Å²) in [6.45, 7) is 3.18. The van der Waals surface area contributed by atoms with Gasteiger partial charge < -0.3 is 20.2 Å². The lowest BCUT2D eigenvalue weighted by Gasteiger charge is -2.22. The number of likely N-dealkylation sites (N-methyl/N-ethyl adjacent to an activating group) is 1. The van der Waals surface area contributed by atoms with Gasteiger partial charge in [0.1, 0.15) is 0 Å². The number of carboxylic acids is 1.